The molecule has 0 aliphatic rings. The predicted octanol–water partition coefficient (Wildman–Crippen LogP) is 0.116. The monoisotopic (exact) mass is 240 g/mol. The summed E-state index contributed by atoms with van der Waals surface area (Å²) < 4.78 is 21.2. The lowest BCUT2D eigenvalue weighted by Gasteiger charge is -2.24. The Kier molecular flexibility index (Phi) is 11.7. The largest absolute Gasteiger partial charge is 0.679 e. The summed E-state index contributed by atoms with van der Waals surface area (Å²) in [5.74, 6) is 0. The van der Waals surface area contributed by atoms with Gasteiger partial charge in [0.15, 0.2) is 0 Å². The third-order valence-corrected chi connectivity index (χ3v) is 3.58. The number of rotatable bonds is 8. The van der Waals surface area contributed by atoms with Gasteiger partial charge >= 0.3 is 9.05 Å². The molecule has 0 aromatic carbocycles. The summed E-state index contributed by atoms with van der Waals surface area (Å²) in [5.41, 5.74) is 0. The van der Waals surface area contributed by atoms with E-state index >= 15 is 0 Å². The summed E-state index contributed by atoms with van der Waals surface area (Å²) in [6, 6.07) is 0. The van der Waals surface area contributed by atoms with Crippen LogP contribution in [0.4, 0.5) is 0 Å². The van der Waals surface area contributed by atoms with Crippen LogP contribution in [0, 0.1) is 0 Å². The van der Waals surface area contributed by atoms with Crippen LogP contribution in [0.15, 0.2) is 0 Å². The van der Waals surface area contributed by atoms with Crippen molar-refractivity contribution in [2.75, 3.05) is 27.4 Å². The molecule has 88 valence electrons. The molecule has 0 rings (SSSR count). The van der Waals surface area contributed by atoms with Crippen LogP contribution in [0.1, 0.15) is 26.7 Å². The lowest BCUT2D eigenvalue weighted by atomic mass is 10.5. The maximum atomic E-state index is 5.45. The summed E-state index contributed by atoms with van der Waals surface area (Å²) >= 11 is 0. The second-order valence-electron chi connectivity index (χ2n) is 2.61. The van der Waals surface area contributed by atoms with Crippen molar-refractivity contribution in [3.63, 3.8) is 0 Å². The van der Waals surface area contributed by atoms with E-state index < -0.39 is 9.05 Å². The van der Waals surface area contributed by atoms with Gasteiger partial charge in [-0.05, 0) is 23.8 Å². The summed E-state index contributed by atoms with van der Waals surface area (Å²) in [7, 11) is 0.328. The van der Waals surface area contributed by atoms with Crippen LogP contribution in [0.2, 0.25) is 0 Å². The second-order valence-corrected chi connectivity index (χ2v) is 5.00. The molecule has 0 aromatic heterocycles. The van der Waals surface area contributed by atoms with Gasteiger partial charge in [-0.25, -0.2) is 0 Å². The Morgan fingerprint density at radius 1 is 0.857 bits per heavy atom. The Balaban J connectivity index is 0. The quantitative estimate of drug-likeness (QED) is 0.565. The first-order valence-corrected chi connectivity index (χ1v) is 6.26. The average molecular weight is 240 g/mol. The molecule has 6 heteroatoms. The first kappa shape index (κ1) is 16.7. The van der Waals surface area contributed by atoms with Crippen molar-refractivity contribution in [3.05, 3.63) is 0 Å². The molecule has 0 radical (unpaired) electrons. The van der Waals surface area contributed by atoms with Crippen LogP contribution in [-0.2, 0) is 17.7 Å². The van der Waals surface area contributed by atoms with Gasteiger partial charge in [-0.1, -0.05) is 13.8 Å². The van der Waals surface area contributed by atoms with E-state index in [2.05, 4.69) is 0 Å². The van der Waals surface area contributed by atoms with Crippen LogP contribution >= 0.6 is 0 Å². The molecule has 0 atom stereocenters. The molecule has 0 heterocycles. The molecule has 0 N–H and O–H groups in total. The highest BCUT2D eigenvalue weighted by Crippen LogP contribution is 2.10. The van der Waals surface area contributed by atoms with Crippen molar-refractivity contribution in [1.82, 2.24) is 0 Å². The minimum atomic E-state index is -2.79. The van der Waals surface area contributed by atoms with Crippen molar-refractivity contribution in [1.29, 1.82) is 0 Å². The lowest BCUT2D eigenvalue weighted by molar-refractivity contribution is -0.00870. The molecule has 0 saturated carbocycles. The molecule has 14 heavy (non-hydrogen) atoms. The number of hydrogen-bond acceptors (Lipinski definition) is 4. The van der Waals surface area contributed by atoms with Gasteiger partial charge < -0.3 is 17.7 Å². The molecule has 0 saturated heterocycles. The van der Waals surface area contributed by atoms with Gasteiger partial charge in [0.25, 0.3) is 0 Å². The van der Waals surface area contributed by atoms with Crippen molar-refractivity contribution >= 4 is 20.0 Å². The Morgan fingerprint density at radius 2 is 1.21 bits per heavy atom. The summed E-state index contributed by atoms with van der Waals surface area (Å²) in [4.78, 5) is 0. The molecule has 0 aromatic rings. The maximum Gasteiger partial charge on any atom is 0.679 e. The van der Waals surface area contributed by atoms with Crippen LogP contribution < -0.4 is 0 Å². The Bertz CT molecular complexity index is 110. The van der Waals surface area contributed by atoms with Gasteiger partial charge in [-0.3, -0.25) is 0 Å². The molecular formula is C8H24O4Si2. The highest BCUT2D eigenvalue weighted by Gasteiger charge is 2.42. The van der Waals surface area contributed by atoms with Crippen LogP contribution in [0.5, 0.6) is 0 Å². The highest BCUT2D eigenvalue weighted by atomic mass is 28.4. The molecule has 0 amide bonds. The van der Waals surface area contributed by atoms with Crippen molar-refractivity contribution in [2.24, 2.45) is 0 Å². The van der Waals surface area contributed by atoms with Gasteiger partial charge in [-0.2, -0.15) is 0 Å². The van der Waals surface area contributed by atoms with Crippen LogP contribution in [-0.4, -0.2) is 47.4 Å². The average Bonchev–Trinajstić information content (AvgIpc) is 2.20. The predicted molar refractivity (Wildman–Crippen MR) is 63.6 cm³/mol. The zero-order chi connectivity index (χ0) is 10.2. The highest BCUT2D eigenvalue weighted by molar-refractivity contribution is 6.53. The first-order chi connectivity index (χ1) is 6.24. The van der Waals surface area contributed by atoms with E-state index in [1.807, 2.05) is 13.8 Å². The Hall–Kier alpha value is 0.274. The van der Waals surface area contributed by atoms with E-state index in [1.165, 1.54) is 0 Å². The number of hydrogen-bond donors (Lipinski definition) is 0. The molecule has 0 aliphatic carbocycles. The Morgan fingerprint density at radius 3 is 1.43 bits per heavy atom. The van der Waals surface area contributed by atoms with E-state index in [0.29, 0.717) is 13.2 Å². The summed E-state index contributed by atoms with van der Waals surface area (Å²) in [5, 5.41) is 0. The van der Waals surface area contributed by atoms with E-state index in [1.54, 1.807) is 14.2 Å². The normalized spacial score (nSPS) is 11.1. The van der Waals surface area contributed by atoms with E-state index in [0.717, 1.165) is 12.8 Å². The van der Waals surface area contributed by atoms with Gasteiger partial charge in [0.05, 0.1) is 0 Å². The fraction of sp³-hybridized carbons (Fsp3) is 1.00. The fourth-order valence-electron chi connectivity index (χ4n) is 0.815. The van der Waals surface area contributed by atoms with Crippen molar-refractivity contribution in [2.45, 2.75) is 26.7 Å². The molecule has 4 nitrogen and oxygen atoms in total. The first-order valence-electron chi connectivity index (χ1n) is 4.62. The fourth-order valence-corrected chi connectivity index (χ4v) is 2.44. The topological polar surface area (TPSA) is 36.9 Å². The van der Waals surface area contributed by atoms with E-state index in [4.69, 9.17) is 17.7 Å². The standard InChI is InChI=1S/C8H20O4Si.H4Si/c1-5-7-11-13(9-3,10-4)12-8-6-2;/h5-8H2,1-4H3;1H4. The van der Waals surface area contributed by atoms with Gasteiger partial charge in [0, 0.05) is 27.4 Å². The van der Waals surface area contributed by atoms with Crippen LogP contribution in [0.3, 0.4) is 0 Å². The zero-order valence-corrected chi connectivity index (χ0v) is 9.96. The third-order valence-electron chi connectivity index (χ3n) is 1.47. The van der Waals surface area contributed by atoms with Crippen LogP contribution in [0.25, 0.3) is 0 Å². The minimum Gasteiger partial charge on any atom is -0.355 e. The van der Waals surface area contributed by atoms with Crippen molar-refractivity contribution < 1.29 is 17.7 Å². The third kappa shape index (κ3) is 5.89. The van der Waals surface area contributed by atoms with Gasteiger partial charge in [0.1, 0.15) is 0 Å². The SMILES string of the molecule is CCCO[Si](OC)(OC)OCCC.[SiH4]. The molecule has 0 unspecified atom stereocenters. The Labute approximate surface area is 92.4 Å². The molecule has 0 fully saturated rings. The smallest absolute Gasteiger partial charge is 0.355 e. The summed E-state index contributed by atoms with van der Waals surface area (Å²) in [6.07, 6.45) is 1.86. The van der Waals surface area contributed by atoms with Gasteiger partial charge in [-0.15, -0.1) is 0 Å². The zero-order valence-electron chi connectivity index (χ0n) is 8.96. The molecule has 0 spiro atoms. The molecule has 0 bridgehead atoms. The summed E-state index contributed by atoms with van der Waals surface area (Å²) in [6.45, 7) is 5.28. The molecular weight excluding hydrogens is 216 g/mol. The van der Waals surface area contributed by atoms with E-state index in [-0.39, 0.29) is 11.0 Å². The lowest BCUT2D eigenvalue weighted by Crippen LogP contribution is -2.47. The van der Waals surface area contributed by atoms with Crippen molar-refractivity contribution in [3.8, 4) is 0 Å². The minimum absolute atomic E-state index is 0. The second kappa shape index (κ2) is 9.81. The van der Waals surface area contributed by atoms with E-state index in [9.17, 15) is 0 Å². The van der Waals surface area contributed by atoms with Gasteiger partial charge in [0.2, 0.25) is 0 Å². The molecule has 0 aliphatic heterocycles. The maximum absolute atomic E-state index is 5.45.